The summed E-state index contributed by atoms with van der Waals surface area (Å²) in [4.78, 5) is 18.9. The zero-order chi connectivity index (χ0) is 19.6. The summed E-state index contributed by atoms with van der Waals surface area (Å²) >= 11 is 0. The van der Waals surface area contributed by atoms with Gasteiger partial charge in [0.1, 0.15) is 0 Å². The first kappa shape index (κ1) is 19.6. The molecule has 0 fully saturated rings. The van der Waals surface area contributed by atoms with Crippen molar-refractivity contribution >= 4 is 17.3 Å². The Morgan fingerprint density at radius 1 is 1.00 bits per heavy atom. The first-order valence-electron chi connectivity index (χ1n) is 9.36. The number of rotatable bonds is 9. The molecule has 0 atom stereocenters. The summed E-state index contributed by atoms with van der Waals surface area (Å²) in [5.74, 6) is -0.127. The summed E-state index contributed by atoms with van der Waals surface area (Å²) in [6.45, 7) is 1.88. The van der Waals surface area contributed by atoms with Crippen molar-refractivity contribution < 1.29 is 9.53 Å². The van der Waals surface area contributed by atoms with Crippen LogP contribution >= 0.6 is 0 Å². The van der Waals surface area contributed by atoms with E-state index in [1.807, 2.05) is 42.5 Å². The van der Waals surface area contributed by atoms with Crippen LogP contribution in [0.5, 0.6) is 0 Å². The van der Waals surface area contributed by atoms with E-state index >= 15 is 0 Å². The number of aromatic nitrogens is 1. The summed E-state index contributed by atoms with van der Waals surface area (Å²) in [6.07, 6.45) is 4.16. The monoisotopic (exact) mass is 375 g/mol. The zero-order valence-corrected chi connectivity index (χ0v) is 16.0. The van der Waals surface area contributed by atoms with E-state index < -0.39 is 0 Å². The Kier molecular flexibility index (Phi) is 7.15. The van der Waals surface area contributed by atoms with Gasteiger partial charge in [-0.05, 0) is 30.2 Å². The number of amides is 1. The number of anilines is 2. The van der Waals surface area contributed by atoms with Crippen LogP contribution in [0.15, 0.2) is 79.1 Å². The lowest BCUT2D eigenvalue weighted by molar-refractivity contribution is 0.0948. The molecule has 0 bridgehead atoms. The van der Waals surface area contributed by atoms with E-state index in [-0.39, 0.29) is 5.91 Å². The number of ether oxygens (including phenoxy) is 1. The highest BCUT2D eigenvalue weighted by molar-refractivity contribution is 5.94. The molecule has 144 valence electrons. The molecule has 0 aliphatic heterocycles. The smallest absolute Gasteiger partial charge is 0.252 e. The molecule has 5 heteroatoms. The minimum absolute atomic E-state index is 0.127. The molecule has 1 aromatic heterocycles. The summed E-state index contributed by atoms with van der Waals surface area (Å²) in [6, 6.07) is 22.3. The molecule has 0 saturated heterocycles. The average molecular weight is 375 g/mol. The number of nitrogens with one attached hydrogen (secondary N) is 1. The van der Waals surface area contributed by atoms with Crippen LogP contribution in [0.2, 0.25) is 0 Å². The van der Waals surface area contributed by atoms with Gasteiger partial charge >= 0.3 is 0 Å². The molecule has 2 aromatic carbocycles. The number of carbonyl (C=O) groups excluding carboxylic acids is 1. The lowest BCUT2D eigenvalue weighted by atomic mass is 10.1. The molecule has 28 heavy (non-hydrogen) atoms. The maximum absolute atomic E-state index is 12.5. The van der Waals surface area contributed by atoms with Gasteiger partial charge in [-0.1, -0.05) is 48.5 Å². The van der Waals surface area contributed by atoms with Crippen molar-refractivity contribution in [3.05, 3.63) is 90.3 Å². The van der Waals surface area contributed by atoms with Crippen LogP contribution < -0.4 is 10.2 Å². The van der Waals surface area contributed by atoms with E-state index in [0.29, 0.717) is 25.3 Å². The molecule has 3 aromatic rings. The lowest BCUT2D eigenvalue weighted by Crippen LogP contribution is -2.26. The van der Waals surface area contributed by atoms with E-state index in [2.05, 4.69) is 39.5 Å². The third kappa shape index (κ3) is 5.41. The van der Waals surface area contributed by atoms with Crippen LogP contribution in [-0.2, 0) is 11.3 Å². The maximum Gasteiger partial charge on any atom is 0.252 e. The molecule has 1 amide bonds. The molecule has 3 rings (SSSR count). The molecule has 0 aliphatic carbocycles. The highest BCUT2D eigenvalue weighted by Crippen LogP contribution is 2.27. The van der Waals surface area contributed by atoms with Gasteiger partial charge in [0.15, 0.2) is 0 Å². The fourth-order valence-electron chi connectivity index (χ4n) is 2.93. The van der Waals surface area contributed by atoms with Gasteiger partial charge in [-0.2, -0.15) is 0 Å². The number of para-hydroxylation sites is 1. The van der Waals surface area contributed by atoms with Crippen LogP contribution in [0.3, 0.4) is 0 Å². The summed E-state index contributed by atoms with van der Waals surface area (Å²) in [5.41, 5.74) is 3.65. The van der Waals surface area contributed by atoms with E-state index in [1.54, 1.807) is 19.5 Å². The minimum atomic E-state index is -0.127. The van der Waals surface area contributed by atoms with Crippen LogP contribution in [0.25, 0.3) is 0 Å². The van der Waals surface area contributed by atoms with Crippen molar-refractivity contribution in [1.29, 1.82) is 0 Å². The number of hydrogen-bond donors (Lipinski definition) is 1. The van der Waals surface area contributed by atoms with Gasteiger partial charge in [0.05, 0.1) is 17.4 Å². The summed E-state index contributed by atoms with van der Waals surface area (Å²) in [5, 5.41) is 2.91. The van der Waals surface area contributed by atoms with Crippen molar-refractivity contribution in [1.82, 2.24) is 10.3 Å². The third-order valence-electron chi connectivity index (χ3n) is 4.36. The Morgan fingerprint density at radius 3 is 2.43 bits per heavy atom. The Hall–Kier alpha value is -3.18. The SMILES string of the molecule is COCCCNC(=O)c1cncc(N(Cc2ccccc2)c2ccccc2)c1. The fourth-order valence-corrected chi connectivity index (χ4v) is 2.93. The van der Waals surface area contributed by atoms with Crippen LogP contribution in [-0.4, -0.2) is 31.2 Å². The van der Waals surface area contributed by atoms with Crippen molar-refractivity contribution in [3.8, 4) is 0 Å². The third-order valence-corrected chi connectivity index (χ3v) is 4.36. The highest BCUT2D eigenvalue weighted by atomic mass is 16.5. The van der Waals surface area contributed by atoms with E-state index in [1.165, 1.54) is 5.56 Å². The summed E-state index contributed by atoms with van der Waals surface area (Å²) < 4.78 is 5.02. The Labute approximate surface area is 166 Å². The predicted molar refractivity (Wildman–Crippen MR) is 112 cm³/mol. The Morgan fingerprint density at radius 2 is 1.71 bits per heavy atom. The highest BCUT2D eigenvalue weighted by Gasteiger charge is 2.13. The van der Waals surface area contributed by atoms with E-state index in [0.717, 1.165) is 17.8 Å². The van der Waals surface area contributed by atoms with Gasteiger partial charge in [-0.3, -0.25) is 9.78 Å². The summed E-state index contributed by atoms with van der Waals surface area (Å²) in [7, 11) is 1.65. The molecule has 5 nitrogen and oxygen atoms in total. The van der Waals surface area contributed by atoms with Gasteiger partial charge in [-0.25, -0.2) is 0 Å². The van der Waals surface area contributed by atoms with E-state index in [9.17, 15) is 4.79 Å². The second-order valence-electron chi connectivity index (χ2n) is 6.44. The number of carbonyl (C=O) groups is 1. The van der Waals surface area contributed by atoms with Gasteiger partial charge in [0.2, 0.25) is 0 Å². The van der Waals surface area contributed by atoms with Crippen molar-refractivity contribution in [2.24, 2.45) is 0 Å². The minimum Gasteiger partial charge on any atom is -0.385 e. The molecule has 0 aliphatic rings. The maximum atomic E-state index is 12.5. The lowest BCUT2D eigenvalue weighted by Gasteiger charge is -2.25. The van der Waals surface area contributed by atoms with Crippen molar-refractivity contribution in [2.75, 3.05) is 25.2 Å². The fraction of sp³-hybridized carbons (Fsp3) is 0.217. The molecule has 0 radical (unpaired) electrons. The Balaban J connectivity index is 1.83. The second-order valence-corrected chi connectivity index (χ2v) is 6.44. The standard InChI is InChI=1S/C23H25N3O2/c1-28-14-8-13-25-23(27)20-15-22(17-24-16-20)26(21-11-6-3-7-12-21)18-19-9-4-2-5-10-19/h2-7,9-12,15-17H,8,13-14,18H2,1H3,(H,25,27). The van der Waals surface area contributed by atoms with E-state index in [4.69, 9.17) is 4.74 Å². The molecule has 1 N–H and O–H groups in total. The Bertz CT molecular complexity index is 869. The van der Waals surface area contributed by atoms with Gasteiger partial charge in [-0.15, -0.1) is 0 Å². The second kappa shape index (κ2) is 10.2. The molecule has 1 heterocycles. The van der Waals surface area contributed by atoms with Crippen molar-refractivity contribution in [2.45, 2.75) is 13.0 Å². The number of benzene rings is 2. The van der Waals surface area contributed by atoms with Gasteiger partial charge in [0, 0.05) is 38.7 Å². The topological polar surface area (TPSA) is 54.5 Å². The number of pyridine rings is 1. The molecule has 0 saturated carbocycles. The first-order valence-corrected chi connectivity index (χ1v) is 9.36. The van der Waals surface area contributed by atoms with Gasteiger partial charge < -0.3 is 15.0 Å². The normalized spacial score (nSPS) is 10.5. The van der Waals surface area contributed by atoms with Crippen LogP contribution in [0, 0.1) is 0 Å². The van der Waals surface area contributed by atoms with Crippen LogP contribution in [0.4, 0.5) is 11.4 Å². The predicted octanol–water partition coefficient (Wildman–Crippen LogP) is 4.19. The molecule has 0 unspecified atom stereocenters. The number of nitrogens with zero attached hydrogens (tertiary/aromatic N) is 2. The number of methoxy groups -OCH3 is 1. The molecular formula is C23H25N3O2. The largest absolute Gasteiger partial charge is 0.385 e. The van der Waals surface area contributed by atoms with Crippen LogP contribution in [0.1, 0.15) is 22.3 Å². The zero-order valence-electron chi connectivity index (χ0n) is 16.0. The first-order chi connectivity index (χ1) is 13.8. The van der Waals surface area contributed by atoms with Gasteiger partial charge in [0.25, 0.3) is 5.91 Å². The van der Waals surface area contributed by atoms with Crippen molar-refractivity contribution in [3.63, 3.8) is 0 Å². The molecule has 0 spiro atoms. The quantitative estimate of drug-likeness (QED) is 0.570. The number of hydrogen-bond acceptors (Lipinski definition) is 4. The average Bonchev–Trinajstić information content (AvgIpc) is 2.76. The molecular weight excluding hydrogens is 350 g/mol.